The molecule has 0 bridgehead atoms. The monoisotopic (exact) mass is 338 g/mol. The van der Waals surface area contributed by atoms with Crippen molar-refractivity contribution in [2.45, 2.75) is 13.8 Å². The van der Waals surface area contributed by atoms with Crippen molar-refractivity contribution in [2.75, 3.05) is 0 Å². The molecule has 0 unspecified atom stereocenters. The third-order valence-electron chi connectivity index (χ3n) is 1.62. The highest BCUT2D eigenvalue weighted by Gasteiger charge is 2.05. The zero-order valence-electron chi connectivity index (χ0n) is 6.82. The fourth-order valence-electron chi connectivity index (χ4n) is 0.930. The van der Waals surface area contributed by atoms with Crippen LogP contribution in [-0.4, -0.2) is 5.78 Å². The molecule has 0 aromatic heterocycles. The van der Waals surface area contributed by atoms with Crippen molar-refractivity contribution in [3.05, 3.63) is 31.3 Å². The quantitative estimate of drug-likeness (QED) is 0.565. The van der Waals surface area contributed by atoms with E-state index in [1.807, 2.05) is 19.1 Å². The van der Waals surface area contributed by atoms with Crippen LogP contribution in [0.3, 0.4) is 0 Å². The Hall–Kier alpha value is 0.1000. The smallest absolute Gasteiger partial charge is 0.159 e. The Balaban J connectivity index is 3.31. The maximum atomic E-state index is 11.0. The van der Waals surface area contributed by atoms with Crippen LogP contribution >= 0.6 is 38.5 Å². The molecule has 0 spiro atoms. The van der Waals surface area contributed by atoms with Crippen molar-refractivity contribution in [2.24, 2.45) is 0 Å². The minimum absolute atomic E-state index is 0.114. The number of hydrogen-bond donors (Lipinski definition) is 0. The molecule has 1 aromatic carbocycles. The van der Waals surface area contributed by atoms with Crippen molar-refractivity contribution in [3.8, 4) is 0 Å². The third kappa shape index (κ3) is 2.07. The number of carbonyl (C=O) groups is 1. The Kier molecular flexibility index (Phi) is 3.29. The summed E-state index contributed by atoms with van der Waals surface area (Å²) in [5.41, 5.74) is 1.88. The molecule has 0 atom stereocenters. The van der Waals surface area contributed by atoms with Crippen LogP contribution in [-0.2, 0) is 0 Å². The fraction of sp³-hybridized carbons (Fsp3) is 0.222. The lowest BCUT2D eigenvalue weighted by atomic mass is 10.1. The van der Waals surface area contributed by atoms with E-state index in [1.54, 1.807) is 6.92 Å². The number of hydrogen-bond acceptors (Lipinski definition) is 1. The molecule has 0 saturated carbocycles. The van der Waals surface area contributed by atoms with Gasteiger partial charge in [-0.15, -0.1) is 0 Å². The van der Waals surface area contributed by atoms with Crippen molar-refractivity contribution in [3.63, 3.8) is 0 Å². The van der Waals surface area contributed by atoms with Crippen molar-refractivity contribution in [1.29, 1.82) is 0 Å². The Bertz CT molecular complexity index is 310. The van der Waals surface area contributed by atoms with Gasteiger partial charge in [-0.2, -0.15) is 0 Å². The van der Waals surface area contributed by atoms with Crippen LogP contribution in [0.2, 0.25) is 0 Å². The van der Waals surface area contributed by atoms with E-state index in [0.29, 0.717) is 0 Å². The van der Waals surface area contributed by atoms with Crippen LogP contribution in [0.1, 0.15) is 22.8 Å². The van der Waals surface area contributed by atoms with Crippen molar-refractivity contribution in [1.82, 2.24) is 0 Å². The predicted molar refractivity (Wildman–Crippen MR) is 61.6 cm³/mol. The molecular formula is C9H8BrIO. The van der Waals surface area contributed by atoms with Gasteiger partial charge in [0, 0.05) is 13.6 Å². The zero-order valence-corrected chi connectivity index (χ0v) is 10.6. The van der Waals surface area contributed by atoms with Crippen LogP contribution in [0, 0.1) is 10.5 Å². The summed E-state index contributed by atoms with van der Waals surface area (Å²) in [7, 11) is 0. The molecule has 1 nitrogen and oxygen atoms in total. The van der Waals surface area contributed by atoms with Gasteiger partial charge in [0.1, 0.15) is 0 Å². The molecule has 0 amide bonds. The van der Waals surface area contributed by atoms with Crippen molar-refractivity contribution < 1.29 is 4.79 Å². The molecule has 1 rings (SSSR count). The van der Waals surface area contributed by atoms with Crippen molar-refractivity contribution >= 4 is 44.3 Å². The molecule has 0 radical (unpaired) electrons. The Labute approximate surface area is 93.8 Å². The molecule has 0 aliphatic rings. The van der Waals surface area contributed by atoms with Crippen LogP contribution < -0.4 is 0 Å². The first-order chi connectivity index (χ1) is 5.52. The van der Waals surface area contributed by atoms with Gasteiger partial charge < -0.3 is 0 Å². The fourth-order valence-corrected chi connectivity index (χ4v) is 1.92. The summed E-state index contributed by atoms with van der Waals surface area (Å²) in [6, 6.07) is 3.79. The first-order valence-electron chi connectivity index (χ1n) is 3.49. The van der Waals surface area contributed by atoms with Crippen LogP contribution in [0.4, 0.5) is 0 Å². The lowest BCUT2D eigenvalue weighted by molar-refractivity contribution is 0.101. The van der Waals surface area contributed by atoms with Crippen LogP contribution in [0.15, 0.2) is 16.6 Å². The predicted octanol–water partition coefficient (Wildman–Crippen LogP) is 3.56. The number of benzene rings is 1. The highest BCUT2D eigenvalue weighted by Crippen LogP contribution is 2.24. The highest BCUT2D eigenvalue weighted by atomic mass is 127. The van der Waals surface area contributed by atoms with Gasteiger partial charge in [0.2, 0.25) is 0 Å². The minimum atomic E-state index is 0.114. The number of carbonyl (C=O) groups excluding carboxylic acids is 1. The molecular weight excluding hydrogens is 331 g/mol. The molecule has 1 aromatic rings. The van der Waals surface area contributed by atoms with Gasteiger partial charge in [-0.25, -0.2) is 0 Å². The summed E-state index contributed by atoms with van der Waals surface area (Å²) >= 11 is 5.65. The number of rotatable bonds is 1. The Morgan fingerprint density at radius 2 is 2.08 bits per heavy atom. The van der Waals surface area contributed by atoms with E-state index < -0.39 is 0 Å². The first-order valence-corrected chi connectivity index (χ1v) is 5.36. The van der Waals surface area contributed by atoms with Gasteiger partial charge in [-0.3, -0.25) is 4.79 Å². The van der Waals surface area contributed by atoms with Gasteiger partial charge in [-0.05, 0) is 70.1 Å². The second-order valence-electron chi connectivity index (χ2n) is 2.65. The molecule has 64 valence electrons. The average molecular weight is 339 g/mol. The first kappa shape index (κ1) is 10.2. The molecule has 3 heteroatoms. The van der Waals surface area contributed by atoms with E-state index in [4.69, 9.17) is 0 Å². The second-order valence-corrected chi connectivity index (χ2v) is 4.60. The Morgan fingerprint density at radius 1 is 1.50 bits per heavy atom. The lowest BCUT2D eigenvalue weighted by Crippen LogP contribution is -1.94. The van der Waals surface area contributed by atoms with Gasteiger partial charge in [0.05, 0.1) is 0 Å². The van der Waals surface area contributed by atoms with Crippen LogP contribution in [0.25, 0.3) is 0 Å². The molecule has 0 aliphatic carbocycles. The molecule has 0 saturated heterocycles. The van der Waals surface area contributed by atoms with E-state index in [9.17, 15) is 4.79 Å². The number of ketones is 1. The summed E-state index contributed by atoms with van der Waals surface area (Å²) in [6.07, 6.45) is 0. The summed E-state index contributed by atoms with van der Waals surface area (Å²) in [5, 5.41) is 0. The summed E-state index contributed by atoms with van der Waals surface area (Å²) in [6.45, 7) is 3.57. The SMILES string of the molecule is CC(=O)c1cc(C)c(Br)c(I)c1. The second kappa shape index (κ2) is 3.87. The largest absolute Gasteiger partial charge is 0.295 e. The number of Topliss-reactive ketones (excluding diaryl/α,β-unsaturated/α-hetero) is 1. The minimum Gasteiger partial charge on any atom is -0.295 e. The average Bonchev–Trinajstić information content (AvgIpc) is 1.99. The summed E-state index contributed by atoms with van der Waals surface area (Å²) in [5.74, 6) is 0.114. The molecule has 0 aliphatic heterocycles. The van der Waals surface area contributed by atoms with Gasteiger partial charge in [-0.1, -0.05) is 0 Å². The van der Waals surface area contributed by atoms with E-state index in [2.05, 4.69) is 38.5 Å². The van der Waals surface area contributed by atoms with E-state index in [-0.39, 0.29) is 5.78 Å². The molecule has 12 heavy (non-hydrogen) atoms. The van der Waals surface area contributed by atoms with Gasteiger partial charge in [0.15, 0.2) is 5.78 Å². The van der Waals surface area contributed by atoms with Gasteiger partial charge in [0.25, 0.3) is 0 Å². The number of halogens is 2. The third-order valence-corrected chi connectivity index (χ3v) is 4.26. The number of aryl methyl sites for hydroxylation is 1. The van der Waals surface area contributed by atoms with Crippen LogP contribution in [0.5, 0.6) is 0 Å². The summed E-state index contributed by atoms with van der Waals surface area (Å²) < 4.78 is 2.16. The van der Waals surface area contributed by atoms with E-state index >= 15 is 0 Å². The van der Waals surface area contributed by atoms with E-state index in [1.165, 1.54) is 0 Å². The highest BCUT2D eigenvalue weighted by molar-refractivity contribution is 14.1. The maximum absolute atomic E-state index is 11.0. The Morgan fingerprint density at radius 3 is 2.50 bits per heavy atom. The van der Waals surface area contributed by atoms with Gasteiger partial charge >= 0.3 is 0 Å². The molecule has 0 fully saturated rings. The van der Waals surface area contributed by atoms with E-state index in [0.717, 1.165) is 19.2 Å². The normalized spacial score (nSPS) is 10.0. The molecule has 0 heterocycles. The standard InChI is InChI=1S/C9H8BrIO/c1-5-3-7(6(2)12)4-8(11)9(5)10/h3-4H,1-2H3. The molecule has 0 N–H and O–H groups in total. The maximum Gasteiger partial charge on any atom is 0.159 e. The lowest BCUT2D eigenvalue weighted by Gasteiger charge is -2.03. The topological polar surface area (TPSA) is 17.1 Å². The summed E-state index contributed by atoms with van der Waals surface area (Å²) in [4.78, 5) is 11.0. The zero-order chi connectivity index (χ0) is 9.30.